The molecule has 0 spiro atoms. The van der Waals surface area contributed by atoms with Crippen molar-refractivity contribution in [1.29, 1.82) is 0 Å². The van der Waals surface area contributed by atoms with E-state index in [0.29, 0.717) is 29.2 Å². The molecule has 3 saturated carbocycles. The van der Waals surface area contributed by atoms with Crippen LogP contribution in [0.1, 0.15) is 66.4 Å². The van der Waals surface area contributed by atoms with Crippen molar-refractivity contribution in [3.63, 3.8) is 0 Å². The number of carbonyl (C=O) groups excluding carboxylic acids is 1. The van der Waals surface area contributed by atoms with Gasteiger partial charge >= 0.3 is 0 Å². The first-order valence-electron chi connectivity index (χ1n) is 13.6. The lowest BCUT2D eigenvalue weighted by Crippen LogP contribution is -2.71. The second-order valence-corrected chi connectivity index (χ2v) is 12.3. The molecule has 1 amide bonds. The van der Waals surface area contributed by atoms with Crippen LogP contribution in [0.15, 0.2) is 41.3 Å². The Bertz CT molecular complexity index is 1300. The highest BCUT2D eigenvalue weighted by Gasteiger charge is 2.76. The Morgan fingerprint density at radius 2 is 2.00 bits per heavy atom. The van der Waals surface area contributed by atoms with E-state index in [0.717, 1.165) is 44.8 Å². The Labute approximate surface area is 205 Å². The number of aromatic hydroxyl groups is 1. The topological polar surface area (TPSA) is 76.6 Å². The molecule has 2 aliphatic heterocycles. The number of nitrogens with one attached hydrogen (secondary N) is 1. The molecule has 5 fully saturated rings. The molecule has 6 heteroatoms. The first-order chi connectivity index (χ1) is 17.0. The largest absolute Gasteiger partial charge is 0.508 e. The van der Waals surface area contributed by atoms with Gasteiger partial charge in [-0.05, 0) is 98.1 Å². The maximum absolute atomic E-state index is 13.7. The van der Waals surface area contributed by atoms with E-state index in [2.05, 4.69) is 26.9 Å². The summed E-state index contributed by atoms with van der Waals surface area (Å²) in [5.41, 5.74) is 3.40. The van der Waals surface area contributed by atoms with Gasteiger partial charge in [0, 0.05) is 47.9 Å². The second kappa shape index (κ2) is 6.78. The molecule has 6 nitrogen and oxygen atoms in total. The number of phenolic OH excluding ortho intramolecular Hbond substituents is 1. The highest BCUT2D eigenvalue weighted by atomic mass is 16.3. The molecule has 35 heavy (non-hydrogen) atoms. The normalized spacial score (nSPS) is 39.1. The summed E-state index contributed by atoms with van der Waals surface area (Å²) in [4.78, 5) is 33.2. The summed E-state index contributed by atoms with van der Waals surface area (Å²) in [6, 6.07) is 10.9. The smallest absolute Gasteiger partial charge is 0.254 e. The standard InChI is InChI=1S/C29H33N3O3/c33-21-5-4-17-12-24-28-8-6-23-26(29(28,22(17)14-21)9-11-31(24)20-2-1-3-20)19(15-28)16-32(23)27(35)18-7-10-30-25(34)13-18/h4-5,7,10,13-14,19-20,23-24,26,33H,1-3,6,8-9,11-12,15-16H2,(H,30,34)/t19-,23?,24?,26?,28-,29?/m1/s1. The number of hydrogen-bond acceptors (Lipinski definition) is 4. The van der Waals surface area contributed by atoms with E-state index in [-0.39, 0.29) is 28.3 Å². The van der Waals surface area contributed by atoms with Gasteiger partial charge in [-0.3, -0.25) is 14.5 Å². The molecule has 0 radical (unpaired) electrons. The third-order valence-electron chi connectivity index (χ3n) is 11.3. The lowest BCUT2D eigenvalue weighted by Gasteiger charge is -2.68. The molecule has 182 valence electrons. The Hall–Kier alpha value is -2.60. The number of aromatic nitrogens is 1. The SMILES string of the molecule is O=C(c1cc[nH]c(=O)c1)N1C[C@H]2C[C@@]34CCC1C2C31CCN(C2CCC2)C4Cc2ccc(O)cc21. The van der Waals surface area contributed by atoms with E-state index in [1.807, 2.05) is 6.07 Å². The van der Waals surface area contributed by atoms with E-state index in [1.54, 1.807) is 12.3 Å². The summed E-state index contributed by atoms with van der Waals surface area (Å²) >= 11 is 0. The van der Waals surface area contributed by atoms with Gasteiger partial charge in [0.15, 0.2) is 0 Å². The average molecular weight is 472 g/mol. The van der Waals surface area contributed by atoms with Crippen LogP contribution in [0.2, 0.25) is 0 Å². The number of piperidine rings is 1. The fraction of sp³-hybridized carbons (Fsp3) is 0.586. The minimum atomic E-state index is -0.223. The molecule has 3 heterocycles. The molecule has 2 aromatic rings. The van der Waals surface area contributed by atoms with Crippen molar-refractivity contribution in [2.24, 2.45) is 17.3 Å². The third-order valence-corrected chi connectivity index (χ3v) is 11.3. The highest BCUT2D eigenvalue weighted by Crippen LogP contribution is 2.75. The van der Waals surface area contributed by atoms with Crippen molar-refractivity contribution >= 4 is 5.91 Å². The number of likely N-dealkylation sites (tertiary alicyclic amines) is 2. The Kier molecular flexibility index (Phi) is 3.99. The van der Waals surface area contributed by atoms with Gasteiger partial charge in [-0.2, -0.15) is 0 Å². The number of rotatable bonds is 2. The van der Waals surface area contributed by atoms with Crippen molar-refractivity contribution < 1.29 is 9.90 Å². The molecule has 4 bridgehead atoms. The lowest BCUT2D eigenvalue weighted by molar-refractivity contribution is -0.122. The summed E-state index contributed by atoms with van der Waals surface area (Å²) in [7, 11) is 0. The quantitative estimate of drug-likeness (QED) is 0.704. The number of H-pyrrole nitrogens is 1. The van der Waals surface area contributed by atoms with Crippen molar-refractivity contribution in [2.45, 2.75) is 74.9 Å². The van der Waals surface area contributed by atoms with E-state index in [4.69, 9.17) is 0 Å². The number of benzene rings is 1. The first-order valence-corrected chi connectivity index (χ1v) is 13.6. The zero-order chi connectivity index (χ0) is 23.5. The Morgan fingerprint density at radius 3 is 2.80 bits per heavy atom. The molecular formula is C29H33N3O3. The number of fused-ring (bicyclic) bond motifs is 1. The second-order valence-electron chi connectivity index (χ2n) is 12.3. The number of phenols is 1. The molecule has 8 rings (SSSR count). The minimum absolute atomic E-state index is 0.00907. The van der Waals surface area contributed by atoms with Gasteiger partial charge in [0.25, 0.3) is 5.91 Å². The van der Waals surface area contributed by atoms with E-state index in [9.17, 15) is 14.7 Å². The predicted octanol–water partition coefficient (Wildman–Crippen LogP) is 3.44. The Balaban J connectivity index is 1.26. The van der Waals surface area contributed by atoms with E-state index < -0.39 is 0 Å². The molecule has 6 atom stereocenters. The van der Waals surface area contributed by atoms with Gasteiger partial charge in [0.05, 0.1) is 0 Å². The third kappa shape index (κ3) is 2.40. The summed E-state index contributed by atoms with van der Waals surface area (Å²) in [6.45, 7) is 1.94. The van der Waals surface area contributed by atoms with Crippen LogP contribution >= 0.6 is 0 Å². The number of amides is 1. The van der Waals surface area contributed by atoms with Gasteiger partial charge < -0.3 is 15.0 Å². The van der Waals surface area contributed by atoms with Crippen molar-refractivity contribution in [1.82, 2.24) is 14.8 Å². The van der Waals surface area contributed by atoms with Crippen LogP contribution in [0.25, 0.3) is 0 Å². The van der Waals surface area contributed by atoms with Crippen LogP contribution in [0.4, 0.5) is 0 Å². The molecule has 4 unspecified atom stereocenters. The predicted molar refractivity (Wildman–Crippen MR) is 131 cm³/mol. The summed E-state index contributed by atoms with van der Waals surface area (Å²) in [5.74, 6) is 1.32. The van der Waals surface area contributed by atoms with Crippen LogP contribution in [-0.4, -0.2) is 57.0 Å². The number of nitrogens with zero attached hydrogens (tertiary/aromatic N) is 2. The van der Waals surface area contributed by atoms with Gasteiger partial charge in [0.1, 0.15) is 5.75 Å². The van der Waals surface area contributed by atoms with Crippen molar-refractivity contribution in [3.8, 4) is 5.75 Å². The monoisotopic (exact) mass is 471 g/mol. The average Bonchev–Trinajstić information content (AvgIpc) is 3.26. The lowest BCUT2D eigenvalue weighted by atomic mass is 9.43. The van der Waals surface area contributed by atoms with Crippen LogP contribution in [0, 0.1) is 17.3 Å². The maximum Gasteiger partial charge on any atom is 0.254 e. The number of pyridine rings is 1. The summed E-state index contributed by atoms with van der Waals surface area (Å²) in [6.07, 6.45) is 11.3. The maximum atomic E-state index is 13.7. The van der Waals surface area contributed by atoms with Crippen LogP contribution in [0.5, 0.6) is 5.75 Å². The summed E-state index contributed by atoms with van der Waals surface area (Å²) in [5, 5.41) is 10.6. The first kappa shape index (κ1) is 20.6. The minimum Gasteiger partial charge on any atom is -0.508 e. The van der Waals surface area contributed by atoms with E-state index >= 15 is 0 Å². The molecular weight excluding hydrogens is 438 g/mol. The highest BCUT2D eigenvalue weighted by molar-refractivity contribution is 5.94. The van der Waals surface area contributed by atoms with Crippen LogP contribution < -0.4 is 5.56 Å². The molecule has 6 aliphatic rings. The molecule has 2 N–H and O–H groups in total. The fourth-order valence-corrected chi connectivity index (χ4v) is 10.2. The zero-order valence-electron chi connectivity index (χ0n) is 20.1. The molecule has 1 aromatic carbocycles. The number of carbonyl (C=O) groups is 1. The zero-order valence-corrected chi connectivity index (χ0v) is 20.1. The van der Waals surface area contributed by atoms with Crippen molar-refractivity contribution in [3.05, 3.63) is 63.6 Å². The van der Waals surface area contributed by atoms with Gasteiger partial charge in [0.2, 0.25) is 5.56 Å². The van der Waals surface area contributed by atoms with Gasteiger partial charge in [-0.1, -0.05) is 12.5 Å². The van der Waals surface area contributed by atoms with Gasteiger partial charge in [-0.15, -0.1) is 0 Å². The molecule has 4 aliphatic carbocycles. The number of aromatic amines is 1. The molecule has 1 aromatic heterocycles. The van der Waals surface area contributed by atoms with Crippen molar-refractivity contribution in [2.75, 3.05) is 13.1 Å². The van der Waals surface area contributed by atoms with Crippen LogP contribution in [0.3, 0.4) is 0 Å². The fourth-order valence-electron chi connectivity index (χ4n) is 10.2. The Morgan fingerprint density at radius 1 is 1.11 bits per heavy atom. The summed E-state index contributed by atoms with van der Waals surface area (Å²) < 4.78 is 0. The van der Waals surface area contributed by atoms with Gasteiger partial charge in [-0.25, -0.2) is 0 Å². The van der Waals surface area contributed by atoms with Crippen LogP contribution in [-0.2, 0) is 11.8 Å². The molecule has 2 saturated heterocycles. The van der Waals surface area contributed by atoms with E-state index in [1.165, 1.54) is 42.9 Å². The number of hydrogen-bond donors (Lipinski definition) is 2.